The first kappa shape index (κ1) is 16.1. The Morgan fingerprint density at radius 2 is 1.81 bits per heavy atom. The lowest BCUT2D eigenvalue weighted by Gasteiger charge is -2.20. The third-order valence-corrected chi connectivity index (χ3v) is 4.52. The van der Waals surface area contributed by atoms with Crippen molar-refractivity contribution in [2.45, 2.75) is 40.4 Å². The molecule has 0 amide bonds. The second-order valence-corrected chi connectivity index (χ2v) is 6.25. The number of rotatable bonds is 8. The lowest BCUT2D eigenvalue weighted by molar-refractivity contribution is 0.294. The van der Waals surface area contributed by atoms with Crippen LogP contribution in [0.4, 0.5) is 0 Å². The van der Waals surface area contributed by atoms with Crippen LogP contribution in [0.25, 0.3) is 0 Å². The molecule has 0 spiro atoms. The molecule has 114 valence electrons. The Balaban J connectivity index is 1.93. The molecule has 2 aromatic rings. The summed E-state index contributed by atoms with van der Waals surface area (Å²) in [5.74, 6) is 0. The van der Waals surface area contributed by atoms with Gasteiger partial charge in [0.1, 0.15) is 0 Å². The first-order valence-corrected chi connectivity index (χ1v) is 8.51. The summed E-state index contributed by atoms with van der Waals surface area (Å²) < 4.78 is 0. The van der Waals surface area contributed by atoms with Gasteiger partial charge < -0.3 is 5.32 Å². The van der Waals surface area contributed by atoms with Gasteiger partial charge >= 0.3 is 0 Å². The average molecular weight is 303 g/mol. The summed E-state index contributed by atoms with van der Waals surface area (Å²) >= 11 is 1.71. The molecule has 1 heterocycles. The molecule has 0 fully saturated rings. The SMILES string of the molecule is CCN(CC)Cc1ccccc1CNCc1csc(C)n1. The molecule has 21 heavy (non-hydrogen) atoms. The maximum Gasteiger partial charge on any atom is 0.0897 e. The third kappa shape index (κ3) is 4.92. The second kappa shape index (κ2) is 8.27. The first-order chi connectivity index (χ1) is 10.2. The highest BCUT2D eigenvalue weighted by molar-refractivity contribution is 7.09. The molecule has 0 radical (unpaired) electrons. The monoisotopic (exact) mass is 303 g/mol. The van der Waals surface area contributed by atoms with Gasteiger partial charge in [-0.05, 0) is 31.1 Å². The molecule has 0 saturated carbocycles. The fourth-order valence-corrected chi connectivity index (χ4v) is 3.00. The molecule has 4 heteroatoms. The fraction of sp³-hybridized carbons (Fsp3) is 0.471. The van der Waals surface area contributed by atoms with E-state index in [1.807, 2.05) is 6.92 Å². The van der Waals surface area contributed by atoms with Gasteiger partial charge in [0.2, 0.25) is 0 Å². The van der Waals surface area contributed by atoms with Gasteiger partial charge in [-0.1, -0.05) is 38.1 Å². The van der Waals surface area contributed by atoms with E-state index in [4.69, 9.17) is 0 Å². The van der Waals surface area contributed by atoms with Crippen molar-refractivity contribution in [2.24, 2.45) is 0 Å². The Kier molecular flexibility index (Phi) is 6.36. The lowest BCUT2D eigenvalue weighted by atomic mass is 10.1. The maximum atomic E-state index is 4.49. The van der Waals surface area contributed by atoms with Crippen LogP contribution >= 0.6 is 11.3 Å². The molecular formula is C17H25N3S. The summed E-state index contributed by atoms with van der Waals surface area (Å²) in [6.07, 6.45) is 0. The van der Waals surface area contributed by atoms with Crippen molar-refractivity contribution < 1.29 is 0 Å². The zero-order valence-corrected chi connectivity index (χ0v) is 14.0. The highest BCUT2D eigenvalue weighted by Gasteiger charge is 2.06. The minimum Gasteiger partial charge on any atom is -0.307 e. The molecule has 0 atom stereocenters. The van der Waals surface area contributed by atoms with E-state index in [2.05, 4.69) is 58.7 Å². The quantitative estimate of drug-likeness (QED) is 0.808. The molecule has 0 unspecified atom stereocenters. The van der Waals surface area contributed by atoms with E-state index in [0.29, 0.717) is 0 Å². The summed E-state index contributed by atoms with van der Waals surface area (Å²) in [6.45, 7) is 11.4. The number of benzene rings is 1. The highest BCUT2D eigenvalue weighted by Crippen LogP contribution is 2.12. The van der Waals surface area contributed by atoms with E-state index < -0.39 is 0 Å². The summed E-state index contributed by atoms with van der Waals surface area (Å²) in [5.41, 5.74) is 3.94. The molecule has 1 aromatic heterocycles. The number of nitrogens with one attached hydrogen (secondary N) is 1. The summed E-state index contributed by atoms with van der Waals surface area (Å²) in [6, 6.07) is 8.71. The zero-order valence-electron chi connectivity index (χ0n) is 13.2. The molecule has 0 aliphatic rings. The van der Waals surface area contributed by atoms with Crippen LogP contribution in [0.5, 0.6) is 0 Å². The Morgan fingerprint density at radius 3 is 2.43 bits per heavy atom. The van der Waals surface area contributed by atoms with Crippen molar-refractivity contribution in [1.29, 1.82) is 0 Å². The number of nitrogens with zero attached hydrogens (tertiary/aromatic N) is 2. The van der Waals surface area contributed by atoms with E-state index in [0.717, 1.165) is 43.4 Å². The van der Waals surface area contributed by atoms with Crippen LogP contribution in [-0.2, 0) is 19.6 Å². The Labute approximate surface area is 132 Å². The van der Waals surface area contributed by atoms with E-state index in [1.165, 1.54) is 11.1 Å². The van der Waals surface area contributed by atoms with Crippen molar-refractivity contribution in [3.05, 3.63) is 51.5 Å². The van der Waals surface area contributed by atoms with Gasteiger partial charge in [0.05, 0.1) is 10.7 Å². The van der Waals surface area contributed by atoms with Crippen LogP contribution in [0.15, 0.2) is 29.6 Å². The van der Waals surface area contributed by atoms with Crippen LogP contribution in [0.1, 0.15) is 35.7 Å². The molecular weight excluding hydrogens is 278 g/mol. The van der Waals surface area contributed by atoms with Gasteiger partial charge in [0.15, 0.2) is 0 Å². The van der Waals surface area contributed by atoms with E-state index in [9.17, 15) is 0 Å². The molecule has 2 rings (SSSR count). The first-order valence-electron chi connectivity index (χ1n) is 7.63. The Hall–Kier alpha value is -1.23. The van der Waals surface area contributed by atoms with E-state index >= 15 is 0 Å². The highest BCUT2D eigenvalue weighted by atomic mass is 32.1. The fourth-order valence-electron chi connectivity index (χ4n) is 2.39. The van der Waals surface area contributed by atoms with Crippen molar-refractivity contribution >= 4 is 11.3 Å². The van der Waals surface area contributed by atoms with Crippen molar-refractivity contribution in [3.8, 4) is 0 Å². The smallest absolute Gasteiger partial charge is 0.0897 e. The largest absolute Gasteiger partial charge is 0.307 e. The molecule has 0 bridgehead atoms. The van der Waals surface area contributed by atoms with Crippen LogP contribution in [0.2, 0.25) is 0 Å². The Bertz CT molecular complexity index is 546. The number of thiazole rings is 1. The van der Waals surface area contributed by atoms with Gasteiger partial charge in [-0.2, -0.15) is 0 Å². The zero-order chi connectivity index (χ0) is 15.1. The van der Waals surface area contributed by atoms with Gasteiger partial charge in [-0.25, -0.2) is 4.98 Å². The van der Waals surface area contributed by atoms with Gasteiger partial charge in [0, 0.05) is 25.0 Å². The van der Waals surface area contributed by atoms with Crippen LogP contribution in [0, 0.1) is 6.92 Å². The van der Waals surface area contributed by atoms with Crippen molar-refractivity contribution in [1.82, 2.24) is 15.2 Å². The van der Waals surface area contributed by atoms with Crippen LogP contribution in [0.3, 0.4) is 0 Å². The average Bonchev–Trinajstić information content (AvgIpc) is 2.91. The van der Waals surface area contributed by atoms with E-state index in [1.54, 1.807) is 11.3 Å². The minimum atomic E-state index is 0.837. The molecule has 1 N–H and O–H groups in total. The molecule has 1 aromatic carbocycles. The van der Waals surface area contributed by atoms with Crippen LogP contribution < -0.4 is 5.32 Å². The van der Waals surface area contributed by atoms with Crippen molar-refractivity contribution in [3.63, 3.8) is 0 Å². The summed E-state index contributed by atoms with van der Waals surface area (Å²) in [5, 5.41) is 6.77. The maximum absolute atomic E-state index is 4.49. The molecule has 3 nitrogen and oxygen atoms in total. The van der Waals surface area contributed by atoms with Crippen LogP contribution in [-0.4, -0.2) is 23.0 Å². The predicted molar refractivity (Wildman–Crippen MR) is 90.5 cm³/mol. The van der Waals surface area contributed by atoms with Crippen molar-refractivity contribution in [2.75, 3.05) is 13.1 Å². The molecule has 0 aliphatic heterocycles. The standard InChI is InChI=1S/C17H25N3S/c1-4-20(5-2)12-16-9-7-6-8-15(16)10-18-11-17-13-21-14(3)19-17/h6-9,13,18H,4-5,10-12H2,1-3H3. The second-order valence-electron chi connectivity index (χ2n) is 5.19. The minimum absolute atomic E-state index is 0.837. The molecule has 0 aliphatic carbocycles. The summed E-state index contributed by atoms with van der Waals surface area (Å²) in [4.78, 5) is 6.93. The lowest BCUT2D eigenvalue weighted by Crippen LogP contribution is -2.23. The number of aryl methyl sites for hydroxylation is 1. The topological polar surface area (TPSA) is 28.2 Å². The third-order valence-electron chi connectivity index (χ3n) is 3.69. The van der Waals surface area contributed by atoms with Gasteiger partial charge in [-0.15, -0.1) is 11.3 Å². The predicted octanol–water partition coefficient (Wildman–Crippen LogP) is 3.58. The number of hydrogen-bond donors (Lipinski definition) is 1. The van der Waals surface area contributed by atoms with E-state index in [-0.39, 0.29) is 0 Å². The summed E-state index contributed by atoms with van der Waals surface area (Å²) in [7, 11) is 0. The number of aromatic nitrogens is 1. The molecule has 0 saturated heterocycles. The van der Waals surface area contributed by atoms with Gasteiger partial charge in [0.25, 0.3) is 0 Å². The Morgan fingerprint density at radius 1 is 1.10 bits per heavy atom. The normalized spacial score (nSPS) is 11.2. The number of hydrogen-bond acceptors (Lipinski definition) is 4. The van der Waals surface area contributed by atoms with Gasteiger partial charge in [-0.3, -0.25) is 4.90 Å².